The summed E-state index contributed by atoms with van der Waals surface area (Å²) in [5.74, 6) is 0.0574. The number of carbonyl (C=O) groups excluding carboxylic acids is 1. The van der Waals surface area contributed by atoms with E-state index in [1.807, 2.05) is 53.9 Å². The van der Waals surface area contributed by atoms with Gasteiger partial charge >= 0.3 is 0 Å². The molecule has 3 rings (SSSR count). The number of rotatable bonds is 6. The summed E-state index contributed by atoms with van der Waals surface area (Å²) in [5.41, 5.74) is 1.97. The summed E-state index contributed by atoms with van der Waals surface area (Å²) in [6, 6.07) is 13.8. The second kappa shape index (κ2) is 7.57. The van der Waals surface area contributed by atoms with Gasteiger partial charge in [-0.3, -0.25) is 4.79 Å². The van der Waals surface area contributed by atoms with Crippen molar-refractivity contribution in [3.63, 3.8) is 0 Å². The topological polar surface area (TPSA) is 40.5 Å². The Morgan fingerprint density at radius 1 is 1.22 bits per heavy atom. The van der Waals surface area contributed by atoms with Gasteiger partial charge < -0.3 is 10.0 Å². The van der Waals surface area contributed by atoms with Crippen LogP contribution in [0.5, 0.6) is 0 Å². The van der Waals surface area contributed by atoms with E-state index in [9.17, 15) is 9.90 Å². The molecule has 0 saturated heterocycles. The first-order chi connectivity index (χ1) is 11.2. The summed E-state index contributed by atoms with van der Waals surface area (Å²) in [7, 11) is 0. The Labute approximate surface area is 140 Å². The van der Waals surface area contributed by atoms with Gasteiger partial charge in [-0.2, -0.15) is 0 Å². The van der Waals surface area contributed by atoms with Gasteiger partial charge in [0.15, 0.2) is 0 Å². The highest BCUT2D eigenvalue weighted by Gasteiger charge is 2.23. The molecule has 1 atom stereocenters. The van der Waals surface area contributed by atoms with Crippen molar-refractivity contribution in [2.45, 2.75) is 31.9 Å². The smallest absolute Gasteiger partial charge is 0.249 e. The molecule has 1 aliphatic rings. The molecule has 1 amide bonds. The SMILES string of the molecule is O=C(C1=CCCC1)N(Cc1ccccc1)CC(O)c1cccs1. The van der Waals surface area contributed by atoms with Gasteiger partial charge in [0.1, 0.15) is 6.10 Å². The van der Waals surface area contributed by atoms with Gasteiger partial charge in [-0.1, -0.05) is 42.5 Å². The van der Waals surface area contributed by atoms with Crippen molar-refractivity contribution in [3.8, 4) is 0 Å². The largest absolute Gasteiger partial charge is 0.386 e. The third-order valence-corrected chi connectivity index (χ3v) is 5.06. The van der Waals surface area contributed by atoms with Crippen LogP contribution in [-0.2, 0) is 11.3 Å². The molecular formula is C19H21NO2S. The van der Waals surface area contributed by atoms with Crippen LogP contribution in [-0.4, -0.2) is 22.5 Å². The fourth-order valence-corrected chi connectivity index (χ4v) is 3.57. The van der Waals surface area contributed by atoms with Gasteiger partial charge in [-0.05, 0) is 36.3 Å². The monoisotopic (exact) mass is 327 g/mol. The fourth-order valence-electron chi connectivity index (χ4n) is 2.87. The molecule has 0 fully saturated rings. The number of thiophene rings is 1. The second-order valence-electron chi connectivity index (χ2n) is 5.82. The predicted molar refractivity (Wildman–Crippen MR) is 93.1 cm³/mol. The Hall–Kier alpha value is -1.91. The Morgan fingerprint density at radius 2 is 2.04 bits per heavy atom. The fraction of sp³-hybridized carbons (Fsp3) is 0.316. The van der Waals surface area contributed by atoms with Crippen LogP contribution in [0.25, 0.3) is 0 Å². The van der Waals surface area contributed by atoms with E-state index < -0.39 is 6.10 Å². The van der Waals surface area contributed by atoms with Crippen LogP contribution in [0.15, 0.2) is 59.5 Å². The quantitative estimate of drug-likeness (QED) is 0.873. The van der Waals surface area contributed by atoms with E-state index in [2.05, 4.69) is 0 Å². The Balaban J connectivity index is 1.76. The molecule has 0 spiro atoms. The minimum Gasteiger partial charge on any atom is -0.386 e. The van der Waals surface area contributed by atoms with Crippen molar-refractivity contribution in [2.24, 2.45) is 0 Å². The van der Waals surface area contributed by atoms with Crippen LogP contribution in [0, 0.1) is 0 Å². The van der Waals surface area contributed by atoms with Crippen molar-refractivity contribution in [1.29, 1.82) is 0 Å². The Kier molecular flexibility index (Phi) is 5.26. The van der Waals surface area contributed by atoms with Gasteiger partial charge in [-0.25, -0.2) is 0 Å². The normalized spacial score (nSPS) is 15.3. The molecule has 0 saturated carbocycles. The van der Waals surface area contributed by atoms with Crippen molar-refractivity contribution in [3.05, 3.63) is 69.9 Å². The van der Waals surface area contributed by atoms with Gasteiger partial charge in [0.25, 0.3) is 0 Å². The van der Waals surface area contributed by atoms with Crippen LogP contribution in [0.2, 0.25) is 0 Å². The molecule has 1 aliphatic carbocycles. The summed E-state index contributed by atoms with van der Waals surface area (Å²) in [6.07, 6.45) is 4.28. The van der Waals surface area contributed by atoms with E-state index in [-0.39, 0.29) is 5.91 Å². The predicted octanol–water partition coefficient (Wildman–Crippen LogP) is 3.92. The Morgan fingerprint density at radius 3 is 2.70 bits per heavy atom. The average molecular weight is 327 g/mol. The zero-order valence-corrected chi connectivity index (χ0v) is 13.8. The van der Waals surface area contributed by atoms with Crippen molar-refractivity contribution >= 4 is 17.2 Å². The average Bonchev–Trinajstić information content (AvgIpc) is 3.27. The molecule has 0 bridgehead atoms. The van der Waals surface area contributed by atoms with E-state index in [1.165, 1.54) is 11.3 Å². The molecule has 1 N–H and O–H groups in total. The summed E-state index contributed by atoms with van der Waals surface area (Å²) < 4.78 is 0. The van der Waals surface area contributed by atoms with Gasteiger partial charge in [0.2, 0.25) is 5.91 Å². The lowest BCUT2D eigenvalue weighted by atomic mass is 10.1. The molecule has 3 nitrogen and oxygen atoms in total. The van der Waals surface area contributed by atoms with Gasteiger partial charge in [0.05, 0.1) is 6.54 Å². The van der Waals surface area contributed by atoms with Crippen molar-refractivity contribution in [1.82, 2.24) is 4.90 Å². The van der Waals surface area contributed by atoms with Crippen LogP contribution in [0.1, 0.15) is 35.8 Å². The lowest BCUT2D eigenvalue weighted by molar-refractivity contribution is -0.129. The third-order valence-electron chi connectivity index (χ3n) is 4.08. The molecule has 1 aromatic carbocycles. The number of benzene rings is 1. The van der Waals surface area contributed by atoms with Crippen LogP contribution in [0.4, 0.5) is 0 Å². The summed E-state index contributed by atoms with van der Waals surface area (Å²) in [6.45, 7) is 0.852. The number of allylic oxidation sites excluding steroid dienone is 1. The minimum atomic E-state index is -0.635. The number of amides is 1. The summed E-state index contributed by atoms with van der Waals surface area (Å²) >= 11 is 1.52. The molecule has 23 heavy (non-hydrogen) atoms. The number of aliphatic hydroxyl groups excluding tert-OH is 1. The van der Waals surface area contributed by atoms with Crippen LogP contribution in [0.3, 0.4) is 0 Å². The van der Waals surface area contributed by atoms with E-state index in [1.54, 1.807) is 4.90 Å². The maximum atomic E-state index is 12.8. The first-order valence-corrected chi connectivity index (χ1v) is 8.85. The lowest BCUT2D eigenvalue weighted by Gasteiger charge is -2.26. The number of carbonyl (C=O) groups is 1. The van der Waals surface area contributed by atoms with E-state index in [0.717, 1.165) is 35.3 Å². The number of hydrogen-bond acceptors (Lipinski definition) is 3. The minimum absolute atomic E-state index is 0.0574. The maximum absolute atomic E-state index is 12.8. The molecule has 2 aromatic rings. The van der Waals surface area contributed by atoms with E-state index >= 15 is 0 Å². The first-order valence-electron chi connectivity index (χ1n) is 7.98. The highest BCUT2D eigenvalue weighted by molar-refractivity contribution is 7.10. The standard InChI is InChI=1S/C19H21NO2S/c21-17(18-11-6-12-23-18)14-20(13-15-7-2-1-3-8-15)19(22)16-9-4-5-10-16/h1-3,6-9,11-12,17,21H,4-5,10,13-14H2. The molecule has 1 heterocycles. The number of aliphatic hydroxyl groups is 1. The molecule has 0 radical (unpaired) electrons. The van der Waals surface area contributed by atoms with Gasteiger partial charge in [0, 0.05) is 17.0 Å². The highest BCUT2D eigenvalue weighted by atomic mass is 32.1. The molecule has 1 aromatic heterocycles. The summed E-state index contributed by atoms with van der Waals surface area (Å²) in [5, 5.41) is 12.4. The lowest BCUT2D eigenvalue weighted by Crippen LogP contribution is -2.35. The second-order valence-corrected chi connectivity index (χ2v) is 6.80. The maximum Gasteiger partial charge on any atom is 0.249 e. The number of hydrogen-bond donors (Lipinski definition) is 1. The van der Waals surface area contributed by atoms with Crippen LogP contribution < -0.4 is 0 Å². The zero-order valence-electron chi connectivity index (χ0n) is 13.0. The highest BCUT2D eigenvalue weighted by Crippen LogP contribution is 2.24. The molecule has 120 valence electrons. The van der Waals surface area contributed by atoms with Crippen molar-refractivity contribution in [2.75, 3.05) is 6.54 Å². The third kappa shape index (κ3) is 4.09. The number of nitrogens with zero attached hydrogens (tertiary/aromatic N) is 1. The van der Waals surface area contributed by atoms with E-state index in [4.69, 9.17) is 0 Å². The van der Waals surface area contributed by atoms with Gasteiger partial charge in [-0.15, -0.1) is 11.3 Å². The molecule has 0 aliphatic heterocycles. The molecule has 4 heteroatoms. The zero-order chi connectivity index (χ0) is 16.1. The Bertz CT molecular complexity index is 664. The van der Waals surface area contributed by atoms with E-state index in [0.29, 0.717) is 13.1 Å². The summed E-state index contributed by atoms with van der Waals surface area (Å²) in [4.78, 5) is 15.5. The van der Waals surface area contributed by atoms with Crippen LogP contribution >= 0.6 is 11.3 Å². The molecule has 1 unspecified atom stereocenters. The first kappa shape index (κ1) is 16.0. The molecular weight excluding hydrogens is 306 g/mol. The van der Waals surface area contributed by atoms with Crippen molar-refractivity contribution < 1.29 is 9.90 Å².